The zero-order chi connectivity index (χ0) is 20.1. The fourth-order valence-corrected chi connectivity index (χ4v) is 2.88. The summed E-state index contributed by atoms with van der Waals surface area (Å²) in [7, 11) is 0. The third-order valence-corrected chi connectivity index (χ3v) is 4.29. The number of halogens is 1. The number of nitrogens with zero attached hydrogens (tertiary/aromatic N) is 2. The van der Waals surface area contributed by atoms with Crippen LogP contribution in [0.1, 0.15) is 31.1 Å². The fourth-order valence-electron chi connectivity index (χ4n) is 2.88. The second-order valence-corrected chi connectivity index (χ2v) is 6.85. The topological polar surface area (TPSA) is 87.7 Å². The molecule has 0 aliphatic carbocycles. The minimum absolute atomic E-state index is 0.0109. The Morgan fingerprint density at radius 1 is 1.14 bits per heavy atom. The molecule has 0 fully saturated rings. The Bertz CT molecular complexity index is 1000. The lowest BCUT2D eigenvalue weighted by molar-refractivity contribution is -0.121. The van der Waals surface area contributed by atoms with Crippen LogP contribution in [0.25, 0.3) is 11.4 Å². The van der Waals surface area contributed by atoms with Gasteiger partial charge in [0.1, 0.15) is 11.6 Å². The van der Waals surface area contributed by atoms with Crippen LogP contribution in [0.15, 0.2) is 59.7 Å². The van der Waals surface area contributed by atoms with Gasteiger partial charge >= 0.3 is 0 Å². The Hall–Kier alpha value is -3.35. The molecule has 7 heteroatoms. The van der Waals surface area contributed by atoms with E-state index in [0.717, 1.165) is 5.56 Å². The first-order valence-corrected chi connectivity index (χ1v) is 8.98. The normalized spacial score (nSPS) is 12.0. The molecule has 0 bridgehead atoms. The standard InChI is InChI=1S/C21H21FN4O2/c1-13(2)20(25-18(27)11-14-3-5-16(22)6-4-14)17-12-19(28)26-21(24-17)15-7-9-23-10-8-15/h3-10,12-13,20H,11H2,1-2H3,(H,25,27)(H,24,26,28)/t20-/m0/s1. The van der Waals surface area contributed by atoms with E-state index in [2.05, 4.69) is 20.3 Å². The summed E-state index contributed by atoms with van der Waals surface area (Å²) in [6.07, 6.45) is 3.35. The molecule has 0 aliphatic rings. The number of aromatic amines is 1. The van der Waals surface area contributed by atoms with Gasteiger partial charge in [-0.05, 0) is 35.7 Å². The molecule has 0 saturated heterocycles. The van der Waals surface area contributed by atoms with Crippen molar-refractivity contribution in [3.05, 3.63) is 82.3 Å². The summed E-state index contributed by atoms with van der Waals surface area (Å²) in [4.78, 5) is 35.9. The van der Waals surface area contributed by atoms with Crippen molar-refractivity contribution in [3.63, 3.8) is 0 Å². The zero-order valence-electron chi connectivity index (χ0n) is 15.6. The molecule has 0 unspecified atom stereocenters. The van der Waals surface area contributed by atoms with Crippen LogP contribution < -0.4 is 10.9 Å². The van der Waals surface area contributed by atoms with E-state index in [1.807, 2.05) is 13.8 Å². The molecule has 2 aromatic heterocycles. The van der Waals surface area contributed by atoms with E-state index < -0.39 is 6.04 Å². The van der Waals surface area contributed by atoms with Crippen LogP contribution in [-0.4, -0.2) is 20.9 Å². The second kappa shape index (κ2) is 8.56. The van der Waals surface area contributed by atoms with Crippen molar-refractivity contribution in [1.82, 2.24) is 20.3 Å². The van der Waals surface area contributed by atoms with E-state index in [1.54, 1.807) is 36.7 Å². The molecular formula is C21H21FN4O2. The average Bonchev–Trinajstić information content (AvgIpc) is 2.68. The average molecular weight is 380 g/mol. The first-order chi connectivity index (χ1) is 13.4. The summed E-state index contributed by atoms with van der Waals surface area (Å²) >= 11 is 0. The molecule has 1 amide bonds. The third kappa shape index (κ3) is 4.88. The van der Waals surface area contributed by atoms with E-state index >= 15 is 0 Å². The number of carbonyl (C=O) groups excluding carboxylic acids is 1. The van der Waals surface area contributed by atoms with Gasteiger partial charge in [0, 0.05) is 24.0 Å². The summed E-state index contributed by atoms with van der Waals surface area (Å²) in [5, 5.41) is 2.94. The lowest BCUT2D eigenvalue weighted by Crippen LogP contribution is -2.34. The minimum atomic E-state index is -0.434. The van der Waals surface area contributed by atoms with Crippen LogP contribution in [0.4, 0.5) is 4.39 Å². The molecule has 0 spiro atoms. The number of hydrogen-bond donors (Lipinski definition) is 2. The molecule has 0 saturated carbocycles. The maximum absolute atomic E-state index is 13.0. The minimum Gasteiger partial charge on any atom is -0.347 e. The number of hydrogen-bond acceptors (Lipinski definition) is 4. The molecule has 0 aliphatic heterocycles. The number of aromatic nitrogens is 3. The molecule has 2 heterocycles. The van der Waals surface area contributed by atoms with Crippen molar-refractivity contribution in [3.8, 4) is 11.4 Å². The van der Waals surface area contributed by atoms with Gasteiger partial charge in [-0.1, -0.05) is 26.0 Å². The monoisotopic (exact) mass is 380 g/mol. The Morgan fingerprint density at radius 2 is 1.82 bits per heavy atom. The third-order valence-electron chi connectivity index (χ3n) is 4.29. The smallest absolute Gasteiger partial charge is 0.251 e. The molecule has 1 aromatic carbocycles. The Balaban J connectivity index is 1.84. The molecule has 3 rings (SSSR count). The quantitative estimate of drug-likeness (QED) is 0.688. The summed E-state index contributed by atoms with van der Waals surface area (Å²) in [6.45, 7) is 3.88. The van der Waals surface area contributed by atoms with Crippen molar-refractivity contribution in [2.24, 2.45) is 5.92 Å². The number of benzene rings is 1. The molecule has 144 valence electrons. The van der Waals surface area contributed by atoms with Crippen molar-refractivity contribution in [2.75, 3.05) is 0 Å². The number of nitrogens with one attached hydrogen (secondary N) is 2. The molecule has 2 N–H and O–H groups in total. The second-order valence-electron chi connectivity index (χ2n) is 6.85. The number of H-pyrrole nitrogens is 1. The van der Waals surface area contributed by atoms with Crippen LogP contribution in [0.2, 0.25) is 0 Å². The van der Waals surface area contributed by atoms with Gasteiger partial charge in [-0.2, -0.15) is 0 Å². The highest BCUT2D eigenvalue weighted by Gasteiger charge is 2.21. The Labute approximate surface area is 161 Å². The lowest BCUT2D eigenvalue weighted by Gasteiger charge is -2.22. The predicted octanol–water partition coefficient (Wildman–Crippen LogP) is 3.03. The highest BCUT2D eigenvalue weighted by Crippen LogP contribution is 2.21. The van der Waals surface area contributed by atoms with Gasteiger partial charge in [-0.15, -0.1) is 0 Å². The van der Waals surface area contributed by atoms with Crippen molar-refractivity contribution < 1.29 is 9.18 Å². The maximum atomic E-state index is 13.0. The number of amides is 1. The summed E-state index contributed by atoms with van der Waals surface area (Å²) < 4.78 is 13.0. The summed E-state index contributed by atoms with van der Waals surface area (Å²) in [5.74, 6) is -0.140. The van der Waals surface area contributed by atoms with Gasteiger partial charge < -0.3 is 10.3 Å². The van der Waals surface area contributed by atoms with E-state index in [-0.39, 0.29) is 29.6 Å². The number of pyridine rings is 1. The fraction of sp³-hybridized carbons (Fsp3) is 0.238. The van der Waals surface area contributed by atoms with E-state index in [1.165, 1.54) is 18.2 Å². The van der Waals surface area contributed by atoms with Gasteiger partial charge in [-0.3, -0.25) is 14.6 Å². The Kier molecular flexibility index (Phi) is 5.93. The van der Waals surface area contributed by atoms with Crippen molar-refractivity contribution in [2.45, 2.75) is 26.3 Å². The van der Waals surface area contributed by atoms with E-state index in [9.17, 15) is 14.0 Å². The lowest BCUT2D eigenvalue weighted by atomic mass is 9.99. The van der Waals surface area contributed by atoms with Gasteiger partial charge in [-0.25, -0.2) is 9.37 Å². The number of carbonyl (C=O) groups is 1. The summed E-state index contributed by atoms with van der Waals surface area (Å²) in [6, 6.07) is 10.3. The van der Waals surface area contributed by atoms with Crippen molar-refractivity contribution >= 4 is 5.91 Å². The first-order valence-electron chi connectivity index (χ1n) is 8.98. The van der Waals surface area contributed by atoms with Gasteiger partial charge in [0.15, 0.2) is 0 Å². The molecule has 6 nitrogen and oxygen atoms in total. The van der Waals surface area contributed by atoms with Crippen LogP contribution in [-0.2, 0) is 11.2 Å². The van der Waals surface area contributed by atoms with Gasteiger partial charge in [0.25, 0.3) is 5.56 Å². The first kappa shape index (κ1) is 19.4. The van der Waals surface area contributed by atoms with Gasteiger partial charge in [0.05, 0.1) is 18.2 Å². The molecule has 1 atom stereocenters. The Morgan fingerprint density at radius 3 is 2.46 bits per heavy atom. The van der Waals surface area contributed by atoms with Crippen molar-refractivity contribution in [1.29, 1.82) is 0 Å². The zero-order valence-corrected chi connectivity index (χ0v) is 15.6. The highest BCUT2D eigenvalue weighted by atomic mass is 19.1. The summed E-state index contributed by atoms with van der Waals surface area (Å²) in [5.41, 5.74) is 1.63. The highest BCUT2D eigenvalue weighted by molar-refractivity contribution is 5.79. The predicted molar refractivity (Wildman–Crippen MR) is 104 cm³/mol. The van der Waals surface area contributed by atoms with E-state index in [4.69, 9.17) is 0 Å². The van der Waals surface area contributed by atoms with Crippen LogP contribution >= 0.6 is 0 Å². The van der Waals surface area contributed by atoms with Crippen LogP contribution in [0, 0.1) is 11.7 Å². The van der Waals surface area contributed by atoms with E-state index in [0.29, 0.717) is 17.1 Å². The molecule has 3 aromatic rings. The van der Waals surface area contributed by atoms with Gasteiger partial charge in [0.2, 0.25) is 5.91 Å². The molecule has 0 radical (unpaired) electrons. The van der Waals surface area contributed by atoms with Crippen LogP contribution in [0.5, 0.6) is 0 Å². The molecular weight excluding hydrogens is 359 g/mol. The number of rotatable bonds is 6. The largest absolute Gasteiger partial charge is 0.347 e. The van der Waals surface area contributed by atoms with Crippen LogP contribution in [0.3, 0.4) is 0 Å². The SMILES string of the molecule is CC(C)[C@H](NC(=O)Cc1ccc(F)cc1)c1cc(=O)[nH]c(-c2ccncc2)n1. The molecule has 28 heavy (non-hydrogen) atoms. The maximum Gasteiger partial charge on any atom is 0.251 e.